The molecule has 0 saturated heterocycles. The van der Waals surface area contributed by atoms with E-state index in [4.69, 9.17) is 9.47 Å². The lowest BCUT2D eigenvalue weighted by molar-refractivity contribution is 0.281. The van der Waals surface area contributed by atoms with E-state index < -0.39 is 0 Å². The first-order valence-corrected chi connectivity index (χ1v) is 6.82. The lowest BCUT2D eigenvalue weighted by Crippen LogP contribution is -2.11. The maximum atomic E-state index is 5.99. The van der Waals surface area contributed by atoms with Crippen LogP contribution < -0.4 is 14.8 Å². The van der Waals surface area contributed by atoms with Crippen LogP contribution in [0.2, 0.25) is 0 Å². The molecule has 0 radical (unpaired) electrons. The zero-order valence-electron chi connectivity index (χ0n) is 12.1. The molecule has 0 atom stereocenters. The molecule has 0 bridgehead atoms. The van der Waals surface area contributed by atoms with Crippen molar-refractivity contribution in [2.24, 2.45) is 0 Å². The van der Waals surface area contributed by atoms with Gasteiger partial charge < -0.3 is 14.8 Å². The van der Waals surface area contributed by atoms with Gasteiger partial charge in [-0.1, -0.05) is 42.5 Å². The first kappa shape index (κ1) is 14.4. The van der Waals surface area contributed by atoms with Crippen molar-refractivity contribution in [1.82, 2.24) is 5.32 Å². The maximum absolute atomic E-state index is 5.99. The second kappa shape index (κ2) is 7.56. The summed E-state index contributed by atoms with van der Waals surface area (Å²) < 4.78 is 11.4. The first-order valence-electron chi connectivity index (χ1n) is 6.82. The van der Waals surface area contributed by atoms with Crippen molar-refractivity contribution in [3.8, 4) is 11.5 Å². The molecular formula is C17H21NO2. The van der Waals surface area contributed by atoms with Gasteiger partial charge in [0.05, 0.1) is 7.11 Å². The summed E-state index contributed by atoms with van der Waals surface area (Å²) in [6.07, 6.45) is 0.915. The van der Waals surface area contributed by atoms with Crippen LogP contribution in [-0.2, 0) is 13.0 Å². The van der Waals surface area contributed by atoms with Crippen LogP contribution in [0.15, 0.2) is 48.5 Å². The number of para-hydroxylation sites is 1. The van der Waals surface area contributed by atoms with Crippen LogP contribution in [-0.4, -0.2) is 20.7 Å². The number of benzene rings is 2. The van der Waals surface area contributed by atoms with Gasteiger partial charge in [0, 0.05) is 0 Å². The van der Waals surface area contributed by atoms with E-state index in [1.165, 1.54) is 0 Å². The Morgan fingerprint density at radius 2 is 1.80 bits per heavy atom. The average molecular weight is 271 g/mol. The van der Waals surface area contributed by atoms with Crippen molar-refractivity contribution < 1.29 is 9.47 Å². The quantitative estimate of drug-likeness (QED) is 0.839. The third-order valence-corrected chi connectivity index (χ3v) is 3.15. The third kappa shape index (κ3) is 3.75. The predicted octanol–water partition coefficient (Wildman–Crippen LogP) is 3.04. The number of ether oxygens (including phenoxy) is 2. The summed E-state index contributed by atoms with van der Waals surface area (Å²) in [5.41, 5.74) is 2.31. The van der Waals surface area contributed by atoms with E-state index >= 15 is 0 Å². The summed E-state index contributed by atoms with van der Waals surface area (Å²) in [4.78, 5) is 0. The van der Waals surface area contributed by atoms with Crippen LogP contribution in [0.25, 0.3) is 0 Å². The van der Waals surface area contributed by atoms with Crippen molar-refractivity contribution in [3.05, 3.63) is 59.7 Å². The molecule has 1 N–H and O–H groups in total. The van der Waals surface area contributed by atoms with Crippen molar-refractivity contribution in [3.63, 3.8) is 0 Å². The molecule has 0 aromatic heterocycles. The molecule has 0 heterocycles. The molecule has 0 aliphatic carbocycles. The first-order chi connectivity index (χ1) is 9.85. The number of likely N-dealkylation sites (N-methyl/N-ethyl adjacent to an activating group) is 1. The highest BCUT2D eigenvalue weighted by Gasteiger charge is 2.10. The molecule has 0 aliphatic heterocycles. The molecule has 0 unspecified atom stereocenters. The average Bonchev–Trinajstić information content (AvgIpc) is 2.52. The summed E-state index contributed by atoms with van der Waals surface area (Å²) in [5.74, 6) is 1.63. The van der Waals surface area contributed by atoms with Gasteiger partial charge in [-0.05, 0) is 37.2 Å². The SMILES string of the molecule is CNCCc1cccc(OC)c1OCc1ccccc1. The van der Waals surface area contributed by atoms with E-state index in [2.05, 4.69) is 23.5 Å². The fraction of sp³-hybridized carbons (Fsp3) is 0.294. The molecular weight excluding hydrogens is 250 g/mol. The van der Waals surface area contributed by atoms with Gasteiger partial charge in [-0.2, -0.15) is 0 Å². The van der Waals surface area contributed by atoms with E-state index in [9.17, 15) is 0 Å². The molecule has 0 aliphatic rings. The minimum atomic E-state index is 0.549. The van der Waals surface area contributed by atoms with Gasteiger partial charge >= 0.3 is 0 Å². The van der Waals surface area contributed by atoms with E-state index in [0.717, 1.165) is 35.6 Å². The van der Waals surface area contributed by atoms with Crippen LogP contribution in [0.1, 0.15) is 11.1 Å². The minimum Gasteiger partial charge on any atom is -0.493 e. The van der Waals surface area contributed by atoms with Gasteiger partial charge in [-0.25, -0.2) is 0 Å². The second-order valence-electron chi connectivity index (χ2n) is 4.58. The van der Waals surface area contributed by atoms with Crippen LogP contribution in [0.5, 0.6) is 11.5 Å². The van der Waals surface area contributed by atoms with E-state index in [1.807, 2.05) is 37.4 Å². The Morgan fingerprint density at radius 3 is 2.50 bits per heavy atom. The number of rotatable bonds is 7. The van der Waals surface area contributed by atoms with Gasteiger partial charge in [0.15, 0.2) is 11.5 Å². The minimum absolute atomic E-state index is 0.549. The number of hydrogen-bond donors (Lipinski definition) is 1. The smallest absolute Gasteiger partial charge is 0.164 e. The Bertz CT molecular complexity index is 526. The van der Waals surface area contributed by atoms with E-state index in [1.54, 1.807) is 7.11 Å². The van der Waals surface area contributed by atoms with Crippen molar-refractivity contribution >= 4 is 0 Å². The Labute approximate surface area is 120 Å². The standard InChI is InChI=1S/C17H21NO2/c1-18-12-11-15-9-6-10-16(19-2)17(15)20-13-14-7-4-3-5-8-14/h3-10,18H,11-13H2,1-2H3. The van der Waals surface area contributed by atoms with Crippen molar-refractivity contribution in [2.75, 3.05) is 20.7 Å². The van der Waals surface area contributed by atoms with Gasteiger partial charge in [0.2, 0.25) is 0 Å². The summed E-state index contributed by atoms with van der Waals surface area (Å²) in [6, 6.07) is 16.2. The predicted molar refractivity (Wildman–Crippen MR) is 81.4 cm³/mol. The molecule has 2 aromatic rings. The fourth-order valence-corrected chi connectivity index (χ4v) is 2.07. The zero-order valence-corrected chi connectivity index (χ0v) is 12.1. The molecule has 20 heavy (non-hydrogen) atoms. The lowest BCUT2D eigenvalue weighted by Gasteiger charge is -2.15. The highest BCUT2D eigenvalue weighted by atomic mass is 16.5. The number of hydrogen-bond acceptors (Lipinski definition) is 3. The van der Waals surface area contributed by atoms with Crippen LogP contribution in [0.3, 0.4) is 0 Å². The van der Waals surface area contributed by atoms with Gasteiger partial charge in [0.25, 0.3) is 0 Å². The van der Waals surface area contributed by atoms with Crippen molar-refractivity contribution in [1.29, 1.82) is 0 Å². The Kier molecular flexibility index (Phi) is 5.44. The number of nitrogens with one attached hydrogen (secondary N) is 1. The summed E-state index contributed by atoms with van der Waals surface area (Å²) in [6.45, 7) is 1.46. The summed E-state index contributed by atoms with van der Waals surface area (Å²) >= 11 is 0. The largest absolute Gasteiger partial charge is 0.493 e. The Balaban J connectivity index is 2.15. The summed E-state index contributed by atoms with van der Waals surface area (Å²) in [7, 11) is 3.62. The van der Waals surface area contributed by atoms with Crippen LogP contribution >= 0.6 is 0 Å². The molecule has 0 spiro atoms. The molecule has 106 valence electrons. The maximum Gasteiger partial charge on any atom is 0.164 e. The van der Waals surface area contributed by atoms with Gasteiger partial charge in [-0.15, -0.1) is 0 Å². The second-order valence-corrected chi connectivity index (χ2v) is 4.58. The zero-order chi connectivity index (χ0) is 14.2. The van der Waals surface area contributed by atoms with Crippen molar-refractivity contribution in [2.45, 2.75) is 13.0 Å². The normalized spacial score (nSPS) is 10.3. The summed E-state index contributed by atoms with van der Waals surface area (Å²) in [5, 5.41) is 3.16. The molecule has 0 fully saturated rings. The molecule has 2 rings (SSSR count). The third-order valence-electron chi connectivity index (χ3n) is 3.15. The Morgan fingerprint density at radius 1 is 1.00 bits per heavy atom. The monoisotopic (exact) mass is 271 g/mol. The molecule has 0 amide bonds. The molecule has 2 aromatic carbocycles. The Hall–Kier alpha value is -2.00. The highest BCUT2D eigenvalue weighted by Crippen LogP contribution is 2.32. The van der Waals surface area contributed by atoms with Gasteiger partial charge in [0.1, 0.15) is 6.61 Å². The van der Waals surface area contributed by atoms with Crippen LogP contribution in [0, 0.1) is 0 Å². The molecule has 3 nitrogen and oxygen atoms in total. The number of methoxy groups -OCH3 is 1. The van der Waals surface area contributed by atoms with Crippen LogP contribution in [0.4, 0.5) is 0 Å². The van der Waals surface area contributed by atoms with Gasteiger partial charge in [-0.3, -0.25) is 0 Å². The molecule has 0 saturated carbocycles. The molecule has 3 heteroatoms. The van der Waals surface area contributed by atoms with E-state index in [-0.39, 0.29) is 0 Å². The van der Waals surface area contributed by atoms with E-state index in [0.29, 0.717) is 6.61 Å². The fourth-order valence-electron chi connectivity index (χ4n) is 2.07. The topological polar surface area (TPSA) is 30.5 Å². The highest BCUT2D eigenvalue weighted by molar-refractivity contribution is 5.47. The lowest BCUT2D eigenvalue weighted by atomic mass is 10.1.